The molecule has 0 bridgehead atoms. The molecular weight excluding hydrogens is 240 g/mol. The lowest BCUT2D eigenvalue weighted by atomic mass is 9.92. The van der Waals surface area contributed by atoms with Gasteiger partial charge in [-0.25, -0.2) is 0 Å². The fraction of sp³-hybridized carbons (Fsp3) is 0.417. The van der Waals surface area contributed by atoms with Crippen molar-refractivity contribution in [2.24, 2.45) is 11.8 Å². The Hall–Kier alpha value is -0.630. The summed E-state index contributed by atoms with van der Waals surface area (Å²) >= 11 is 3.44. The molecule has 0 saturated heterocycles. The fourth-order valence-electron chi connectivity index (χ4n) is 2.07. The van der Waals surface area contributed by atoms with Gasteiger partial charge in [-0.2, -0.15) is 0 Å². The standard InChI is InChI=1S/C12H13BrO/c1-7(2)9-6-8-4-3-5-10(13)11(8)12(9)14/h3-5,7,9H,6H2,1-2H3/t9-/m0/s1. The van der Waals surface area contributed by atoms with Crippen molar-refractivity contribution < 1.29 is 4.79 Å². The van der Waals surface area contributed by atoms with E-state index in [1.165, 1.54) is 5.56 Å². The van der Waals surface area contributed by atoms with Crippen molar-refractivity contribution in [2.75, 3.05) is 0 Å². The first kappa shape index (κ1) is 9.91. The molecule has 2 rings (SSSR count). The maximum Gasteiger partial charge on any atom is 0.167 e. The SMILES string of the molecule is CC(C)[C@@H]1Cc2cccc(Br)c2C1=O. The predicted octanol–water partition coefficient (Wildman–Crippen LogP) is 3.46. The topological polar surface area (TPSA) is 17.1 Å². The number of carbonyl (C=O) groups is 1. The summed E-state index contributed by atoms with van der Waals surface area (Å²) in [5, 5.41) is 0. The molecule has 14 heavy (non-hydrogen) atoms. The van der Waals surface area contributed by atoms with Gasteiger partial charge in [0.15, 0.2) is 5.78 Å². The lowest BCUT2D eigenvalue weighted by Gasteiger charge is -2.11. The number of hydrogen-bond acceptors (Lipinski definition) is 1. The molecule has 0 fully saturated rings. The third-order valence-corrected chi connectivity index (χ3v) is 3.59. The third kappa shape index (κ3) is 1.42. The zero-order chi connectivity index (χ0) is 10.3. The summed E-state index contributed by atoms with van der Waals surface area (Å²) in [6.07, 6.45) is 0.908. The molecule has 74 valence electrons. The van der Waals surface area contributed by atoms with Gasteiger partial charge in [-0.05, 0) is 24.0 Å². The molecule has 1 nitrogen and oxygen atoms in total. The molecule has 0 spiro atoms. The zero-order valence-electron chi connectivity index (χ0n) is 8.38. The maximum atomic E-state index is 12.0. The van der Waals surface area contributed by atoms with Gasteiger partial charge in [0.05, 0.1) is 0 Å². The molecule has 1 aromatic rings. The van der Waals surface area contributed by atoms with E-state index < -0.39 is 0 Å². The fourth-order valence-corrected chi connectivity index (χ4v) is 2.67. The molecule has 0 heterocycles. The van der Waals surface area contributed by atoms with Crippen LogP contribution in [0.5, 0.6) is 0 Å². The summed E-state index contributed by atoms with van der Waals surface area (Å²) in [6.45, 7) is 4.23. The van der Waals surface area contributed by atoms with Crippen molar-refractivity contribution in [3.8, 4) is 0 Å². The molecule has 0 amide bonds. The highest BCUT2D eigenvalue weighted by atomic mass is 79.9. The second kappa shape index (κ2) is 3.50. The van der Waals surface area contributed by atoms with Crippen molar-refractivity contribution in [3.63, 3.8) is 0 Å². The van der Waals surface area contributed by atoms with Crippen molar-refractivity contribution in [1.82, 2.24) is 0 Å². The third-order valence-electron chi connectivity index (χ3n) is 2.93. The van der Waals surface area contributed by atoms with E-state index in [4.69, 9.17) is 0 Å². The first-order valence-electron chi connectivity index (χ1n) is 4.93. The Kier molecular flexibility index (Phi) is 2.48. The van der Waals surface area contributed by atoms with Crippen LogP contribution in [0.3, 0.4) is 0 Å². The number of fused-ring (bicyclic) bond motifs is 1. The van der Waals surface area contributed by atoms with Gasteiger partial charge in [0.2, 0.25) is 0 Å². The van der Waals surface area contributed by atoms with Crippen molar-refractivity contribution in [3.05, 3.63) is 33.8 Å². The van der Waals surface area contributed by atoms with Crippen LogP contribution in [-0.4, -0.2) is 5.78 Å². The number of ketones is 1. The second-order valence-corrected chi connectivity index (χ2v) is 5.05. The summed E-state index contributed by atoms with van der Waals surface area (Å²) in [5.74, 6) is 0.924. The largest absolute Gasteiger partial charge is 0.294 e. The van der Waals surface area contributed by atoms with Crippen LogP contribution in [0.2, 0.25) is 0 Å². The first-order valence-corrected chi connectivity index (χ1v) is 5.72. The van der Waals surface area contributed by atoms with E-state index in [0.29, 0.717) is 11.7 Å². The Balaban J connectivity index is 2.46. The van der Waals surface area contributed by atoms with Crippen LogP contribution in [0.1, 0.15) is 29.8 Å². The summed E-state index contributed by atoms with van der Waals surface area (Å²) in [5.41, 5.74) is 2.11. The molecule has 0 radical (unpaired) electrons. The average Bonchev–Trinajstić information content (AvgIpc) is 2.45. The van der Waals surface area contributed by atoms with Crippen LogP contribution in [0, 0.1) is 11.8 Å². The lowest BCUT2D eigenvalue weighted by Crippen LogP contribution is -2.15. The van der Waals surface area contributed by atoms with Crippen LogP contribution in [0.4, 0.5) is 0 Å². The van der Waals surface area contributed by atoms with Crippen LogP contribution in [0.25, 0.3) is 0 Å². The minimum Gasteiger partial charge on any atom is -0.294 e. The minimum absolute atomic E-state index is 0.184. The van der Waals surface area contributed by atoms with Gasteiger partial charge in [0.1, 0.15) is 0 Å². The average molecular weight is 253 g/mol. The molecule has 1 aliphatic rings. The lowest BCUT2D eigenvalue weighted by molar-refractivity contribution is 0.0905. The van der Waals surface area contributed by atoms with E-state index in [1.54, 1.807) is 0 Å². The number of hydrogen-bond donors (Lipinski definition) is 0. The van der Waals surface area contributed by atoms with E-state index in [1.807, 2.05) is 12.1 Å². The molecule has 0 unspecified atom stereocenters. The summed E-state index contributed by atoms with van der Waals surface area (Å²) < 4.78 is 0.947. The van der Waals surface area contributed by atoms with Crippen LogP contribution >= 0.6 is 15.9 Å². The summed E-state index contributed by atoms with van der Waals surface area (Å²) in [4.78, 5) is 12.0. The highest BCUT2D eigenvalue weighted by Gasteiger charge is 2.33. The van der Waals surface area contributed by atoms with Crippen LogP contribution < -0.4 is 0 Å². The maximum absolute atomic E-state index is 12.0. The van der Waals surface area contributed by atoms with Crippen molar-refractivity contribution in [1.29, 1.82) is 0 Å². The van der Waals surface area contributed by atoms with Gasteiger partial charge < -0.3 is 0 Å². The van der Waals surface area contributed by atoms with Gasteiger partial charge in [-0.15, -0.1) is 0 Å². The molecule has 0 aliphatic heterocycles. The Morgan fingerprint density at radius 2 is 2.14 bits per heavy atom. The normalized spacial score (nSPS) is 20.3. The van der Waals surface area contributed by atoms with E-state index in [9.17, 15) is 4.79 Å². The van der Waals surface area contributed by atoms with Crippen molar-refractivity contribution >= 4 is 21.7 Å². The molecule has 2 heteroatoms. The first-order chi connectivity index (χ1) is 6.61. The Labute approximate surface area is 92.6 Å². The quantitative estimate of drug-likeness (QED) is 0.749. The Morgan fingerprint density at radius 1 is 1.43 bits per heavy atom. The molecule has 0 aromatic heterocycles. The van der Waals surface area contributed by atoms with Gasteiger partial charge in [0, 0.05) is 16.0 Å². The number of Topliss-reactive ketones (excluding diaryl/α,β-unsaturated/α-hetero) is 1. The summed E-state index contributed by atoms with van der Waals surface area (Å²) in [7, 11) is 0. The predicted molar refractivity (Wildman–Crippen MR) is 60.5 cm³/mol. The molecular formula is C12H13BrO. The highest BCUT2D eigenvalue weighted by molar-refractivity contribution is 9.10. The second-order valence-electron chi connectivity index (χ2n) is 4.19. The van der Waals surface area contributed by atoms with Gasteiger partial charge in [-0.3, -0.25) is 4.79 Å². The number of halogens is 1. The number of benzene rings is 1. The van der Waals surface area contributed by atoms with Crippen molar-refractivity contribution in [2.45, 2.75) is 20.3 Å². The molecule has 0 saturated carbocycles. The molecule has 1 atom stereocenters. The van der Waals surface area contributed by atoms with Gasteiger partial charge in [0.25, 0.3) is 0 Å². The summed E-state index contributed by atoms with van der Waals surface area (Å²) in [6, 6.07) is 6.00. The molecule has 1 aliphatic carbocycles. The van der Waals surface area contributed by atoms with E-state index in [2.05, 4.69) is 35.8 Å². The van der Waals surface area contributed by atoms with E-state index in [-0.39, 0.29) is 5.92 Å². The molecule has 1 aromatic carbocycles. The molecule has 0 N–H and O–H groups in total. The minimum atomic E-state index is 0.184. The van der Waals surface area contributed by atoms with Gasteiger partial charge in [-0.1, -0.05) is 41.9 Å². The Bertz CT molecular complexity index is 382. The van der Waals surface area contributed by atoms with E-state index >= 15 is 0 Å². The number of carbonyl (C=O) groups excluding carboxylic acids is 1. The van der Waals surface area contributed by atoms with Gasteiger partial charge >= 0.3 is 0 Å². The number of rotatable bonds is 1. The highest BCUT2D eigenvalue weighted by Crippen LogP contribution is 2.35. The Morgan fingerprint density at radius 3 is 2.71 bits per heavy atom. The van der Waals surface area contributed by atoms with E-state index in [0.717, 1.165) is 16.5 Å². The zero-order valence-corrected chi connectivity index (χ0v) is 9.97. The smallest absolute Gasteiger partial charge is 0.167 e. The monoisotopic (exact) mass is 252 g/mol. The van der Waals surface area contributed by atoms with Crippen LogP contribution in [0.15, 0.2) is 22.7 Å². The van der Waals surface area contributed by atoms with Crippen LogP contribution in [-0.2, 0) is 6.42 Å².